The van der Waals surface area contributed by atoms with Crippen LogP contribution in [0.5, 0.6) is 0 Å². The number of rotatable bonds is 2. The summed E-state index contributed by atoms with van der Waals surface area (Å²) in [5.41, 5.74) is 8.21. The zero-order chi connectivity index (χ0) is 12.5. The monoisotopic (exact) mass is 261 g/mol. The van der Waals surface area contributed by atoms with Crippen LogP contribution in [0.25, 0.3) is 11.4 Å². The number of nitrogens with two attached hydrogens (primary N) is 1. The molecule has 0 amide bonds. The maximum atomic E-state index is 6.03. The quantitative estimate of drug-likeness (QED) is 0.897. The van der Waals surface area contributed by atoms with Gasteiger partial charge < -0.3 is 10.3 Å². The van der Waals surface area contributed by atoms with Crippen LogP contribution in [0, 0.1) is 6.92 Å². The highest BCUT2D eigenvalue weighted by molar-refractivity contribution is 7.99. The van der Waals surface area contributed by atoms with E-state index in [1.165, 1.54) is 5.56 Å². The van der Waals surface area contributed by atoms with Crippen molar-refractivity contribution >= 4 is 11.8 Å². The average Bonchev–Trinajstić information content (AvgIpc) is 2.97. The maximum absolute atomic E-state index is 6.03. The fourth-order valence-electron chi connectivity index (χ4n) is 2.11. The first-order chi connectivity index (χ1) is 8.74. The van der Waals surface area contributed by atoms with Gasteiger partial charge in [0.05, 0.1) is 5.92 Å². The van der Waals surface area contributed by atoms with Crippen LogP contribution < -0.4 is 5.73 Å². The Hall–Kier alpha value is -1.33. The van der Waals surface area contributed by atoms with Crippen LogP contribution in [0.3, 0.4) is 0 Å². The Morgan fingerprint density at radius 2 is 2.28 bits per heavy atom. The number of benzene rings is 1. The molecule has 2 N–H and O–H groups in total. The highest BCUT2D eigenvalue weighted by Crippen LogP contribution is 2.31. The van der Waals surface area contributed by atoms with Gasteiger partial charge in [0.15, 0.2) is 0 Å². The largest absolute Gasteiger partial charge is 0.339 e. The number of thioether (sulfide) groups is 1. The van der Waals surface area contributed by atoms with Gasteiger partial charge in [-0.2, -0.15) is 16.7 Å². The summed E-state index contributed by atoms with van der Waals surface area (Å²) in [4.78, 5) is 4.48. The molecular formula is C13H15N3OS. The van der Waals surface area contributed by atoms with Crippen molar-refractivity contribution in [1.82, 2.24) is 10.1 Å². The number of hydrogen-bond acceptors (Lipinski definition) is 5. The molecule has 2 atom stereocenters. The van der Waals surface area contributed by atoms with Crippen molar-refractivity contribution in [3.63, 3.8) is 0 Å². The molecule has 0 aliphatic carbocycles. The number of nitrogens with zero attached hydrogens (tertiary/aromatic N) is 2. The second-order valence-corrected chi connectivity index (χ2v) is 5.71. The Morgan fingerprint density at radius 3 is 3.00 bits per heavy atom. The van der Waals surface area contributed by atoms with E-state index >= 15 is 0 Å². The summed E-state index contributed by atoms with van der Waals surface area (Å²) in [5.74, 6) is 3.45. The third kappa shape index (κ3) is 2.15. The van der Waals surface area contributed by atoms with E-state index in [9.17, 15) is 0 Å². The Labute approximate surface area is 110 Å². The van der Waals surface area contributed by atoms with Crippen molar-refractivity contribution in [2.45, 2.75) is 18.9 Å². The fourth-order valence-corrected chi connectivity index (χ4v) is 3.40. The Kier molecular flexibility index (Phi) is 3.09. The van der Waals surface area contributed by atoms with E-state index in [-0.39, 0.29) is 12.0 Å². The predicted molar refractivity (Wildman–Crippen MR) is 72.5 cm³/mol. The van der Waals surface area contributed by atoms with E-state index < -0.39 is 0 Å². The normalized spacial score (nSPS) is 23.4. The van der Waals surface area contributed by atoms with Crippen LogP contribution in [0.4, 0.5) is 0 Å². The van der Waals surface area contributed by atoms with Crippen molar-refractivity contribution in [3.8, 4) is 11.4 Å². The SMILES string of the molecule is Cc1cccc(-c2noc(C3CSCC3N)n2)c1. The maximum Gasteiger partial charge on any atom is 0.232 e. The standard InChI is InChI=1S/C13H15N3OS/c1-8-3-2-4-9(5-8)12-15-13(17-16-12)10-6-18-7-11(10)14/h2-5,10-11H,6-7,14H2,1H3. The molecule has 0 bridgehead atoms. The van der Waals surface area contributed by atoms with E-state index in [4.69, 9.17) is 10.3 Å². The summed E-state index contributed by atoms with van der Waals surface area (Å²) in [5, 5.41) is 4.06. The molecule has 94 valence electrons. The lowest BCUT2D eigenvalue weighted by Gasteiger charge is -2.07. The topological polar surface area (TPSA) is 64.9 Å². The summed E-state index contributed by atoms with van der Waals surface area (Å²) >= 11 is 1.84. The van der Waals surface area contributed by atoms with Gasteiger partial charge in [-0.05, 0) is 13.0 Å². The zero-order valence-electron chi connectivity index (χ0n) is 10.2. The molecule has 2 aromatic rings. The third-order valence-corrected chi connectivity index (χ3v) is 4.38. The minimum atomic E-state index is 0.126. The Bertz CT molecular complexity index is 555. The summed E-state index contributed by atoms with van der Waals surface area (Å²) in [6.07, 6.45) is 0. The van der Waals surface area contributed by atoms with Crippen molar-refractivity contribution in [1.29, 1.82) is 0 Å². The highest BCUT2D eigenvalue weighted by Gasteiger charge is 2.30. The predicted octanol–water partition coefficient (Wildman–Crippen LogP) is 2.20. The van der Waals surface area contributed by atoms with E-state index in [1.54, 1.807) is 0 Å². The van der Waals surface area contributed by atoms with Crippen LogP contribution in [0.1, 0.15) is 17.4 Å². The van der Waals surface area contributed by atoms with Crippen LogP contribution in [-0.2, 0) is 0 Å². The highest BCUT2D eigenvalue weighted by atomic mass is 32.2. The van der Waals surface area contributed by atoms with Gasteiger partial charge in [0, 0.05) is 23.1 Å². The molecule has 0 saturated carbocycles. The van der Waals surface area contributed by atoms with Crippen molar-refractivity contribution in [2.75, 3.05) is 11.5 Å². The minimum Gasteiger partial charge on any atom is -0.339 e. The summed E-state index contributed by atoms with van der Waals surface area (Å²) in [6.45, 7) is 2.05. The average molecular weight is 261 g/mol. The second kappa shape index (κ2) is 4.74. The van der Waals surface area contributed by atoms with Gasteiger partial charge in [-0.15, -0.1) is 0 Å². The molecule has 0 spiro atoms. The van der Waals surface area contributed by atoms with Crippen molar-refractivity contribution in [3.05, 3.63) is 35.7 Å². The number of aryl methyl sites for hydroxylation is 1. The van der Waals surface area contributed by atoms with Gasteiger partial charge in [0.25, 0.3) is 0 Å². The van der Waals surface area contributed by atoms with Crippen LogP contribution in [0.2, 0.25) is 0 Å². The van der Waals surface area contributed by atoms with Gasteiger partial charge in [-0.25, -0.2) is 0 Å². The molecule has 18 heavy (non-hydrogen) atoms. The summed E-state index contributed by atoms with van der Waals surface area (Å²) in [6, 6.07) is 8.22. The molecule has 2 heterocycles. The van der Waals surface area contributed by atoms with Gasteiger partial charge >= 0.3 is 0 Å². The Balaban J connectivity index is 1.89. The first-order valence-corrected chi connectivity index (χ1v) is 7.13. The van der Waals surface area contributed by atoms with E-state index in [0.717, 1.165) is 17.1 Å². The molecule has 4 nitrogen and oxygen atoms in total. The molecular weight excluding hydrogens is 246 g/mol. The molecule has 2 unspecified atom stereocenters. The molecule has 1 aromatic carbocycles. The zero-order valence-corrected chi connectivity index (χ0v) is 11.0. The first-order valence-electron chi connectivity index (χ1n) is 5.98. The molecule has 1 aliphatic heterocycles. The van der Waals surface area contributed by atoms with E-state index in [0.29, 0.717) is 11.7 Å². The lowest BCUT2D eigenvalue weighted by molar-refractivity contribution is 0.352. The molecule has 0 radical (unpaired) electrons. The lowest BCUT2D eigenvalue weighted by Crippen LogP contribution is -2.26. The summed E-state index contributed by atoms with van der Waals surface area (Å²) in [7, 11) is 0. The van der Waals surface area contributed by atoms with E-state index in [2.05, 4.69) is 16.2 Å². The molecule has 1 aliphatic rings. The van der Waals surface area contributed by atoms with Gasteiger partial charge in [-0.1, -0.05) is 28.9 Å². The minimum absolute atomic E-state index is 0.126. The second-order valence-electron chi connectivity index (χ2n) is 4.63. The van der Waals surface area contributed by atoms with Crippen molar-refractivity contribution in [2.24, 2.45) is 5.73 Å². The smallest absolute Gasteiger partial charge is 0.232 e. The van der Waals surface area contributed by atoms with E-state index in [1.807, 2.05) is 36.9 Å². The van der Waals surface area contributed by atoms with Crippen molar-refractivity contribution < 1.29 is 4.52 Å². The van der Waals surface area contributed by atoms with Crippen LogP contribution in [-0.4, -0.2) is 27.7 Å². The third-order valence-electron chi connectivity index (χ3n) is 3.16. The molecule has 1 saturated heterocycles. The number of hydrogen-bond donors (Lipinski definition) is 1. The number of aromatic nitrogens is 2. The van der Waals surface area contributed by atoms with Gasteiger partial charge in [0.2, 0.25) is 11.7 Å². The van der Waals surface area contributed by atoms with Crippen LogP contribution in [0.15, 0.2) is 28.8 Å². The van der Waals surface area contributed by atoms with Gasteiger partial charge in [-0.3, -0.25) is 0 Å². The first kappa shape index (κ1) is 11.7. The molecule has 1 aromatic heterocycles. The van der Waals surface area contributed by atoms with Gasteiger partial charge in [0.1, 0.15) is 0 Å². The molecule has 3 rings (SSSR count). The summed E-state index contributed by atoms with van der Waals surface area (Å²) < 4.78 is 5.36. The molecule has 1 fully saturated rings. The molecule has 5 heteroatoms. The Morgan fingerprint density at radius 1 is 1.39 bits per heavy atom. The van der Waals surface area contributed by atoms with Crippen LogP contribution >= 0.6 is 11.8 Å². The lowest BCUT2D eigenvalue weighted by atomic mass is 10.1. The fraction of sp³-hybridized carbons (Fsp3) is 0.385.